The van der Waals surface area contributed by atoms with Crippen molar-refractivity contribution in [1.29, 1.82) is 0 Å². The molecular formula is C41H60N8O10S. The number of amides is 8. The van der Waals surface area contributed by atoms with Crippen LogP contribution in [0, 0.1) is 17.8 Å². The number of rotatable bonds is 23. The minimum atomic E-state index is -0.916. The Hall–Kier alpha value is -5.72. The van der Waals surface area contributed by atoms with Gasteiger partial charge in [0.05, 0.1) is 37.8 Å². The summed E-state index contributed by atoms with van der Waals surface area (Å²) in [7, 11) is 1.51. The highest BCUT2D eigenvalue weighted by Gasteiger charge is 2.32. The molecule has 2 rings (SSSR count). The van der Waals surface area contributed by atoms with E-state index in [1.54, 1.807) is 38.1 Å². The number of benzene rings is 1. The van der Waals surface area contributed by atoms with Crippen molar-refractivity contribution in [2.45, 2.75) is 79.0 Å². The fraction of sp³-hybridized carbons (Fsp3) is 0.537. The summed E-state index contributed by atoms with van der Waals surface area (Å²) in [5.74, 6) is -3.69. The van der Waals surface area contributed by atoms with Gasteiger partial charge in [0.25, 0.3) is 0 Å². The molecule has 1 aromatic carbocycles. The van der Waals surface area contributed by atoms with Crippen molar-refractivity contribution in [2.24, 2.45) is 23.5 Å². The van der Waals surface area contributed by atoms with Crippen LogP contribution < -0.4 is 21.7 Å². The summed E-state index contributed by atoms with van der Waals surface area (Å²) >= 11 is 1.18. The second-order valence-corrected chi connectivity index (χ2v) is 16.2. The highest BCUT2D eigenvalue weighted by atomic mass is 32.2. The number of likely N-dealkylation sites (N-methyl/N-ethyl adjacent to an activating group) is 1. The molecule has 18 nitrogen and oxygen atoms in total. The number of nitrogens with one attached hydrogen (secondary N) is 3. The van der Waals surface area contributed by atoms with E-state index in [-0.39, 0.29) is 93.2 Å². The van der Waals surface area contributed by atoms with E-state index in [1.807, 2.05) is 13.8 Å². The molecular weight excluding hydrogens is 797 g/mol. The second-order valence-electron chi connectivity index (χ2n) is 15.1. The molecule has 330 valence electrons. The number of ketones is 2. The number of Topliss-reactive ketones (excluding diaryl/α,β-unsaturated/α-hetero) is 2. The van der Waals surface area contributed by atoms with Crippen LogP contribution in [0.5, 0.6) is 0 Å². The molecule has 1 fully saturated rings. The minimum absolute atomic E-state index is 0.0133. The van der Waals surface area contributed by atoms with E-state index in [0.717, 1.165) is 12.2 Å². The Labute approximate surface area is 356 Å². The van der Waals surface area contributed by atoms with Gasteiger partial charge in [0.15, 0.2) is 11.6 Å². The van der Waals surface area contributed by atoms with Crippen LogP contribution in [0.2, 0.25) is 0 Å². The zero-order chi connectivity index (χ0) is 45.1. The number of ether oxygens (including phenoxy) is 1. The van der Waals surface area contributed by atoms with Crippen molar-refractivity contribution in [3.05, 3.63) is 55.1 Å². The Bertz CT molecular complexity index is 1710. The lowest BCUT2D eigenvalue weighted by molar-refractivity contribution is -0.154. The smallest absolute Gasteiger partial charge is 0.410 e. The van der Waals surface area contributed by atoms with E-state index in [0.29, 0.717) is 17.7 Å². The second kappa shape index (κ2) is 25.0. The molecule has 0 saturated carbocycles. The highest BCUT2D eigenvalue weighted by molar-refractivity contribution is 7.99. The Morgan fingerprint density at radius 3 is 2.00 bits per heavy atom. The molecule has 0 aromatic heterocycles. The van der Waals surface area contributed by atoms with Gasteiger partial charge in [0.2, 0.25) is 29.5 Å². The topological polar surface area (TPSA) is 238 Å². The Morgan fingerprint density at radius 2 is 1.48 bits per heavy atom. The summed E-state index contributed by atoms with van der Waals surface area (Å²) < 4.78 is 5.40. The molecule has 19 heteroatoms. The zero-order valence-corrected chi connectivity index (χ0v) is 36.2. The number of thioether (sulfide) groups is 1. The summed E-state index contributed by atoms with van der Waals surface area (Å²) in [6.45, 7) is 15.6. The third-order valence-electron chi connectivity index (χ3n) is 9.56. The van der Waals surface area contributed by atoms with E-state index in [9.17, 15) is 43.2 Å². The van der Waals surface area contributed by atoms with Crippen LogP contribution in [0.1, 0.15) is 65.9 Å². The Morgan fingerprint density at radius 1 is 0.900 bits per heavy atom. The standard InChI is InChI=1S/C41H60N8O10S/c1-9-34(53)47-23-48(35(54)10-2)25-49(24-47)36(55)17-19-60-22-33(52)45-37(26(3)4)32(51)20-30(12-11-18-43-40(42)57)39(56)44-31-15-13-29(14-16-31)21-59-41(58)46(8)38(27(5)6)28(7)50/h9-10,13-16,26-27,30,37-38H,1-2,11-12,17-25H2,3-8H3,(H,44,56)(H,45,52)(H3,42,43,57)/t30-,37+,38+/m1/s1. The number of nitrogens with zero attached hydrogens (tertiary/aromatic N) is 4. The Kier molecular flexibility index (Phi) is 21.0. The van der Waals surface area contributed by atoms with Crippen LogP contribution in [0.3, 0.4) is 0 Å². The van der Waals surface area contributed by atoms with Gasteiger partial charge in [-0.1, -0.05) is 53.0 Å². The molecule has 1 saturated heterocycles. The van der Waals surface area contributed by atoms with Gasteiger partial charge in [-0.2, -0.15) is 11.8 Å². The van der Waals surface area contributed by atoms with Gasteiger partial charge in [0, 0.05) is 43.8 Å². The molecule has 1 aromatic rings. The molecule has 0 unspecified atom stereocenters. The number of urea groups is 1. The third-order valence-corrected chi connectivity index (χ3v) is 10.5. The molecule has 1 heterocycles. The molecule has 0 spiro atoms. The van der Waals surface area contributed by atoms with E-state index >= 15 is 0 Å². The molecule has 1 aliphatic rings. The molecule has 5 N–H and O–H groups in total. The number of primary amides is 1. The normalized spacial score (nSPS) is 14.0. The first-order chi connectivity index (χ1) is 28.3. The molecule has 60 heavy (non-hydrogen) atoms. The predicted molar refractivity (Wildman–Crippen MR) is 227 cm³/mol. The first kappa shape index (κ1) is 50.4. The zero-order valence-electron chi connectivity index (χ0n) is 35.4. The monoisotopic (exact) mass is 856 g/mol. The number of carbonyl (C=O) groups is 9. The summed E-state index contributed by atoms with van der Waals surface area (Å²) in [6.07, 6.45) is 1.91. The third kappa shape index (κ3) is 16.5. The maximum absolute atomic E-state index is 13.7. The molecule has 1 aliphatic heterocycles. The number of hydrogen-bond donors (Lipinski definition) is 4. The van der Waals surface area contributed by atoms with E-state index < -0.39 is 53.8 Å². The van der Waals surface area contributed by atoms with Crippen molar-refractivity contribution >= 4 is 70.7 Å². The van der Waals surface area contributed by atoms with Gasteiger partial charge in [-0.3, -0.25) is 33.6 Å². The van der Waals surface area contributed by atoms with Gasteiger partial charge in [0.1, 0.15) is 6.61 Å². The van der Waals surface area contributed by atoms with Crippen LogP contribution in [0.25, 0.3) is 0 Å². The van der Waals surface area contributed by atoms with E-state index in [4.69, 9.17) is 10.5 Å². The largest absolute Gasteiger partial charge is 0.445 e. The van der Waals surface area contributed by atoms with Crippen LogP contribution >= 0.6 is 11.8 Å². The van der Waals surface area contributed by atoms with E-state index in [1.165, 1.54) is 45.3 Å². The van der Waals surface area contributed by atoms with Crippen LogP contribution in [0.4, 0.5) is 15.3 Å². The van der Waals surface area contributed by atoms with Gasteiger partial charge in [-0.25, -0.2) is 9.59 Å². The minimum Gasteiger partial charge on any atom is -0.445 e. The Balaban J connectivity index is 2.00. The van der Waals surface area contributed by atoms with Crippen LogP contribution in [0.15, 0.2) is 49.6 Å². The fourth-order valence-corrected chi connectivity index (χ4v) is 7.23. The summed E-state index contributed by atoms with van der Waals surface area (Å²) in [4.78, 5) is 119. The van der Waals surface area contributed by atoms with Crippen molar-refractivity contribution in [3.8, 4) is 0 Å². The van der Waals surface area contributed by atoms with Gasteiger partial charge in [-0.15, -0.1) is 0 Å². The summed E-state index contributed by atoms with van der Waals surface area (Å²) in [5, 5.41) is 8.06. The van der Waals surface area contributed by atoms with Gasteiger partial charge >= 0.3 is 12.1 Å². The summed E-state index contributed by atoms with van der Waals surface area (Å²) in [5.41, 5.74) is 6.24. The van der Waals surface area contributed by atoms with Crippen molar-refractivity contribution in [3.63, 3.8) is 0 Å². The van der Waals surface area contributed by atoms with Crippen LogP contribution in [-0.2, 0) is 44.9 Å². The summed E-state index contributed by atoms with van der Waals surface area (Å²) in [6, 6.07) is 4.31. The lowest BCUT2D eigenvalue weighted by Crippen LogP contribution is -2.59. The van der Waals surface area contributed by atoms with Gasteiger partial charge < -0.3 is 46.0 Å². The lowest BCUT2D eigenvalue weighted by Gasteiger charge is -2.41. The number of nitrogens with two attached hydrogens (primary N) is 1. The van der Waals surface area contributed by atoms with Crippen molar-refractivity contribution < 1.29 is 47.9 Å². The fourth-order valence-electron chi connectivity index (χ4n) is 6.50. The number of hydrogen-bond acceptors (Lipinski definition) is 11. The van der Waals surface area contributed by atoms with Crippen molar-refractivity contribution in [1.82, 2.24) is 30.2 Å². The molecule has 0 bridgehead atoms. The average Bonchev–Trinajstić information content (AvgIpc) is 3.20. The SMILES string of the molecule is C=CC(=O)N1CN(C(=O)C=C)CN(C(=O)CCSCC(=O)N[C@H](C(=O)C[C@@H](CCCNC(N)=O)C(=O)Nc2ccc(COC(=O)N(C)[C@H](C(C)=O)C(C)C)cc2)C(C)C)C1. The first-order valence-corrected chi connectivity index (χ1v) is 20.8. The first-order valence-electron chi connectivity index (χ1n) is 19.6. The molecule has 3 atom stereocenters. The van der Waals surface area contributed by atoms with Gasteiger partial charge in [-0.05, 0) is 61.4 Å². The van der Waals surface area contributed by atoms with Crippen molar-refractivity contribution in [2.75, 3.05) is 50.4 Å². The maximum Gasteiger partial charge on any atom is 0.410 e. The number of anilines is 1. The predicted octanol–water partition coefficient (Wildman–Crippen LogP) is 2.84. The van der Waals surface area contributed by atoms with Crippen LogP contribution in [-0.4, -0.2) is 130 Å². The molecule has 0 aliphatic carbocycles. The maximum atomic E-state index is 13.7. The molecule has 0 radical (unpaired) electrons. The van der Waals surface area contributed by atoms with E-state index in [2.05, 4.69) is 29.1 Å². The average molecular weight is 857 g/mol. The quantitative estimate of drug-likeness (QED) is 0.0922. The molecule has 8 amide bonds. The number of carbonyl (C=O) groups excluding carboxylic acids is 9. The lowest BCUT2D eigenvalue weighted by atomic mass is 9.89. The highest BCUT2D eigenvalue weighted by Crippen LogP contribution is 2.21.